The van der Waals surface area contributed by atoms with E-state index >= 15 is 0 Å². The van der Waals surface area contributed by atoms with Gasteiger partial charge in [-0.25, -0.2) is 8.78 Å². The maximum absolute atomic E-state index is 13.4. The second kappa shape index (κ2) is 7.12. The third-order valence-corrected chi connectivity index (χ3v) is 3.19. The minimum atomic E-state index is -0.675. The molecule has 0 unspecified atom stereocenters. The number of hydrogen-bond acceptors (Lipinski definition) is 2. The SMILES string of the molecule is Cc1ccnn1CCCNC(=S)Nc1ccc(F)cc1F. The van der Waals surface area contributed by atoms with Crippen molar-refractivity contribution in [3.8, 4) is 0 Å². The van der Waals surface area contributed by atoms with Gasteiger partial charge in [0, 0.05) is 31.0 Å². The molecule has 2 N–H and O–H groups in total. The molecule has 0 saturated heterocycles. The van der Waals surface area contributed by atoms with Gasteiger partial charge in [0.2, 0.25) is 0 Å². The third-order valence-electron chi connectivity index (χ3n) is 2.94. The Labute approximate surface area is 127 Å². The molecule has 112 valence electrons. The number of aryl methyl sites for hydroxylation is 2. The second-order valence-corrected chi connectivity index (χ2v) is 4.96. The molecular formula is C14H16F2N4S. The monoisotopic (exact) mass is 310 g/mol. The van der Waals surface area contributed by atoms with Gasteiger partial charge in [0.1, 0.15) is 11.6 Å². The number of anilines is 1. The lowest BCUT2D eigenvalue weighted by atomic mass is 10.3. The molecule has 0 aliphatic carbocycles. The first-order valence-corrected chi connectivity index (χ1v) is 6.95. The zero-order chi connectivity index (χ0) is 15.2. The maximum Gasteiger partial charge on any atom is 0.170 e. The van der Waals surface area contributed by atoms with Gasteiger partial charge >= 0.3 is 0 Å². The summed E-state index contributed by atoms with van der Waals surface area (Å²) in [5.41, 5.74) is 1.25. The van der Waals surface area contributed by atoms with Gasteiger partial charge in [0.15, 0.2) is 5.11 Å². The summed E-state index contributed by atoms with van der Waals surface area (Å²) in [5.74, 6) is -1.29. The fourth-order valence-corrected chi connectivity index (χ4v) is 2.03. The van der Waals surface area contributed by atoms with E-state index in [1.807, 2.05) is 17.7 Å². The van der Waals surface area contributed by atoms with E-state index in [1.54, 1.807) is 6.20 Å². The Kier molecular flexibility index (Phi) is 5.21. The highest BCUT2D eigenvalue weighted by Gasteiger charge is 2.05. The lowest BCUT2D eigenvalue weighted by Crippen LogP contribution is -2.30. The number of rotatable bonds is 5. The van der Waals surface area contributed by atoms with Gasteiger partial charge in [0.25, 0.3) is 0 Å². The topological polar surface area (TPSA) is 41.9 Å². The van der Waals surface area contributed by atoms with Gasteiger partial charge in [-0.1, -0.05) is 0 Å². The highest BCUT2D eigenvalue weighted by atomic mass is 32.1. The zero-order valence-corrected chi connectivity index (χ0v) is 12.4. The summed E-state index contributed by atoms with van der Waals surface area (Å²) in [6.07, 6.45) is 2.59. The average Bonchev–Trinajstić information content (AvgIpc) is 2.84. The van der Waals surface area contributed by atoms with Gasteiger partial charge in [-0.15, -0.1) is 0 Å². The molecule has 0 amide bonds. The van der Waals surface area contributed by atoms with Crippen LogP contribution in [0.15, 0.2) is 30.5 Å². The highest BCUT2D eigenvalue weighted by molar-refractivity contribution is 7.80. The van der Waals surface area contributed by atoms with Crippen molar-refractivity contribution < 1.29 is 8.78 Å². The molecule has 0 aliphatic heterocycles. The lowest BCUT2D eigenvalue weighted by molar-refractivity contribution is 0.561. The van der Waals surface area contributed by atoms with E-state index in [1.165, 1.54) is 12.1 Å². The summed E-state index contributed by atoms with van der Waals surface area (Å²) >= 11 is 5.06. The van der Waals surface area contributed by atoms with E-state index in [-0.39, 0.29) is 5.69 Å². The van der Waals surface area contributed by atoms with Crippen molar-refractivity contribution in [2.45, 2.75) is 19.9 Å². The van der Waals surface area contributed by atoms with Crippen molar-refractivity contribution >= 4 is 23.0 Å². The molecular weight excluding hydrogens is 294 g/mol. The summed E-state index contributed by atoms with van der Waals surface area (Å²) in [5, 5.41) is 10.2. The molecule has 21 heavy (non-hydrogen) atoms. The van der Waals surface area contributed by atoms with Gasteiger partial charge < -0.3 is 10.6 Å². The first kappa shape index (κ1) is 15.4. The van der Waals surface area contributed by atoms with Crippen LogP contribution in [-0.2, 0) is 6.54 Å². The molecule has 1 heterocycles. The molecule has 0 saturated carbocycles. The largest absolute Gasteiger partial charge is 0.362 e. The molecule has 7 heteroatoms. The smallest absolute Gasteiger partial charge is 0.170 e. The van der Waals surface area contributed by atoms with Crippen LogP contribution in [0.2, 0.25) is 0 Å². The van der Waals surface area contributed by atoms with Crippen LogP contribution in [0.5, 0.6) is 0 Å². The summed E-state index contributed by atoms with van der Waals surface area (Å²) < 4.78 is 28.1. The van der Waals surface area contributed by atoms with Crippen molar-refractivity contribution in [2.75, 3.05) is 11.9 Å². The number of thiocarbonyl (C=S) groups is 1. The number of halogens is 2. The number of nitrogens with one attached hydrogen (secondary N) is 2. The van der Waals surface area contributed by atoms with E-state index in [9.17, 15) is 8.78 Å². The van der Waals surface area contributed by atoms with Crippen LogP contribution < -0.4 is 10.6 Å². The maximum atomic E-state index is 13.4. The Balaban J connectivity index is 1.73. The molecule has 0 bridgehead atoms. The Bertz CT molecular complexity index is 627. The zero-order valence-electron chi connectivity index (χ0n) is 11.6. The molecule has 1 aromatic heterocycles. The van der Waals surface area contributed by atoms with E-state index in [2.05, 4.69) is 15.7 Å². The van der Waals surface area contributed by atoms with Gasteiger partial charge in [0.05, 0.1) is 5.69 Å². The van der Waals surface area contributed by atoms with Crippen molar-refractivity contribution in [3.05, 3.63) is 47.8 Å². The quantitative estimate of drug-likeness (QED) is 0.658. The molecule has 0 atom stereocenters. The second-order valence-electron chi connectivity index (χ2n) is 4.55. The minimum Gasteiger partial charge on any atom is -0.362 e. The first-order valence-electron chi connectivity index (χ1n) is 6.54. The molecule has 0 aliphatic rings. The highest BCUT2D eigenvalue weighted by Crippen LogP contribution is 2.14. The summed E-state index contributed by atoms with van der Waals surface area (Å²) in [7, 11) is 0. The van der Waals surface area contributed by atoms with Crippen molar-refractivity contribution in [2.24, 2.45) is 0 Å². The van der Waals surface area contributed by atoms with Crippen LogP contribution >= 0.6 is 12.2 Å². The number of aromatic nitrogens is 2. The van der Waals surface area contributed by atoms with Crippen molar-refractivity contribution in [1.82, 2.24) is 15.1 Å². The van der Waals surface area contributed by atoms with Crippen molar-refractivity contribution in [1.29, 1.82) is 0 Å². The van der Waals surface area contributed by atoms with Crippen LogP contribution in [0, 0.1) is 18.6 Å². The standard InChI is InChI=1S/C14H16F2N4S/c1-10-5-7-18-20(10)8-2-6-17-14(21)19-13-4-3-11(15)9-12(13)16/h3-5,7,9H,2,6,8H2,1H3,(H2,17,19,21). The van der Waals surface area contributed by atoms with Crippen LogP contribution in [0.3, 0.4) is 0 Å². The van der Waals surface area contributed by atoms with E-state index in [4.69, 9.17) is 12.2 Å². The predicted molar refractivity (Wildman–Crippen MR) is 82.2 cm³/mol. The third kappa shape index (κ3) is 4.49. The van der Waals surface area contributed by atoms with Crippen LogP contribution in [0.1, 0.15) is 12.1 Å². The lowest BCUT2D eigenvalue weighted by Gasteiger charge is -2.11. The normalized spacial score (nSPS) is 10.4. The predicted octanol–water partition coefficient (Wildman–Crippen LogP) is 2.85. The van der Waals surface area contributed by atoms with Crippen LogP contribution in [0.4, 0.5) is 14.5 Å². The number of benzene rings is 1. The summed E-state index contributed by atoms with van der Waals surface area (Å²) in [4.78, 5) is 0. The first-order chi connectivity index (χ1) is 10.1. The molecule has 0 fully saturated rings. The molecule has 2 rings (SSSR count). The molecule has 2 aromatic rings. The van der Waals surface area contributed by atoms with E-state index in [0.29, 0.717) is 11.7 Å². The van der Waals surface area contributed by atoms with Crippen molar-refractivity contribution in [3.63, 3.8) is 0 Å². The van der Waals surface area contributed by atoms with E-state index < -0.39 is 11.6 Å². The Morgan fingerprint density at radius 1 is 1.33 bits per heavy atom. The molecule has 4 nitrogen and oxygen atoms in total. The van der Waals surface area contributed by atoms with Gasteiger partial charge in [-0.3, -0.25) is 4.68 Å². The Morgan fingerprint density at radius 2 is 2.14 bits per heavy atom. The summed E-state index contributed by atoms with van der Waals surface area (Å²) in [6, 6.07) is 5.24. The van der Waals surface area contributed by atoms with Gasteiger partial charge in [-0.05, 0) is 43.8 Å². The van der Waals surface area contributed by atoms with Crippen LogP contribution in [-0.4, -0.2) is 21.4 Å². The number of nitrogens with zero attached hydrogens (tertiary/aromatic N) is 2. The Hall–Kier alpha value is -2.02. The van der Waals surface area contributed by atoms with E-state index in [0.717, 1.165) is 24.7 Å². The molecule has 0 radical (unpaired) electrons. The Morgan fingerprint density at radius 3 is 2.81 bits per heavy atom. The fourth-order valence-electron chi connectivity index (χ4n) is 1.82. The fraction of sp³-hybridized carbons (Fsp3) is 0.286. The van der Waals surface area contributed by atoms with Crippen LogP contribution in [0.25, 0.3) is 0 Å². The molecule has 1 aromatic carbocycles. The summed E-state index contributed by atoms with van der Waals surface area (Å²) in [6.45, 7) is 3.40. The molecule has 0 spiro atoms. The minimum absolute atomic E-state index is 0.150. The average molecular weight is 310 g/mol. The number of hydrogen-bond donors (Lipinski definition) is 2. The van der Waals surface area contributed by atoms with Gasteiger partial charge in [-0.2, -0.15) is 5.10 Å².